The maximum absolute atomic E-state index is 11.4. The van der Waals surface area contributed by atoms with Crippen molar-refractivity contribution < 1.29 is 9.63 Å². The first kappa shape index (κ1) is 6.00. The number of rotatable bonds is 0. The third kappa shape index (κ3) is 0.692. The van der Waals surface area contributed by atoms with Gasteiger partial charge < -0.3 is 0 Å². The molecule has 0 radical (unpaired) electrons. The maximum atomic E-state index is 11.4. The van der Waals surface area contributed by atoms with Crippen molar-refractivity contribution in [2.45, 2.75) is 25.4 Å². The van der Waals surface area contributed by atoms with Gasteiger partial charge in [-0.15, -0.1) is 0 Å². The van der Waals surface area contributed by atoms with E-state index in [0.29, 0.717) is 12.0 Å². The summed E-state index contributed by atoms with van der Waals surface area (Å²) in [6.45, 7) is 0.853. The quantitative estimate of drug-likeness (QED) is 0.509. The molecule has 1 saturated carbocycles. The Bertz CT molecular complexity index is 184. The summed E-state index contributed by atoms with van der Waals surface area (Å²) in [7, 11) is 0. The lowest BCUT2D eigenvalue weighted by Gasteiger charge is -2.49. The lowest BCUT2D eigenvalue weighted by molar-refractivity contribution is -0.272. The summed E-state index contributed by atoms with van der Waals surface area (Å²) >= 11 is 0. The molecule has 4 aliphatic rings. The van der Waals surface area contributed by atoms with Crippen molar-refractivity contribution in [3.63, 3.8) is 0 Å². The fraction of sp³-hybridized carbons (Fsp3) is 0.875. The molecule has 4 fully saturated rings. The van der Waals surface area contributed by atoms with Gasteiger partial charge in [-0.1, -0.05) is 0 Å². The van der Waals surface area contributed by atoms with E-state index >= 15 is 0 Å². The van der Waals surface area contributed by atoms with Gasteiger partial charge in [0.15, 0.2) is 0 Å². The largest absolute Gasteiger partial charge is 0.272 e. The molecule has 60 valence electrons. The van der Waals surface area contributed by atoms with Crippen LogP contribution in [0.5, 0.6) is 0 Å². The molecule has 4 bridgehead atoms. The van der Waals surface area contributed by atoms with E-state index in [0.717, 1.165) is 25.3 Å². The van der Waals surface area contributed by atoms with Gasteiger partial charge in [0.05, 0.1) is 12.6 Å². The molecule has 0 N–H and O–H groups in total. The number of hydroxylamine groups is 2. The van der Waals surface area contributed by atoms with E-state index in [1.54, 1.807) is 5.06 Å². The summed E-state index contributed by atoms with van der Waals surface area (Å²) in [5, 5.41) is 1.59. The Morgan fingerprint density at radius 1 is 1.36 bits per heavy atom. The molecular formula is C8H11NO2. The van der Waals surface area contributed by atoms with Crippen molar-refractivity contribution in [1.82, 2.24) is 5.06 Å². The Labute approximate surface area is 65.3 Å². The van der Waals surface area contributed by atoms with Crippen LogP contribution in [0.25, 0.3) is 0 Å². The van der Waals surface area contributed by atoms with Gasteiger partial charge in [0, 0.05) is 5.92 Å². The van der Waals surface area contributed by atoms with E-state index in [4.69, 9.17) is 4.84 Å². The number of amides is 1. The third-order valence-corrected chi connectivity index (χ3v) is 3.06. The van der Waals surface area contributed by atoms with E-state index in [2.05, 4.69) is 0 Å². The molecule has 3 saturated heterocycles. The fourth-order valence-corrected chi connectivity index (χ4v) is 2.62. The van der Waals surface area contributed by atoms with Crippen LogP contribution in [0.4, 0.5) is 0 Å². The van der Waals surface area contributed by atoms with Gasteiger partial charge in [-0.05, 0) is 25.2 Å². The Morgan fingerprint density at radius 3 is 3.00 bits per heavy atom. The van der Waals surface area contributed by atoms with Crippen LogP contribution in [0, 0.1) is 11.8 Å². The molecule has 1 aliphatic carbocycles. The third-order valence-electron chi connectivity index (χ3n) is 3.06. The van der Waals surface area contributed by atoms with Crippen molar-refractivity contribution in [2.24, 2.45) is 11.8 Å². The first-order chi connectivity index (χ1) is 5.33. The van der Waals surface area contributed by atoms with E-state index < -0.39 is 0 Å². The van der Waals surface area contributed by atoms with Crippen molar-refractivity contribution >= 4 is 5.91 Å². The average molecular weight is 153 g/mol. The van der Waals surface area contributed by atoms with Gasteiger partial charge in [-0.3, -0.25) is 9.63 Å². The molecule has 1 amide bonds. The topological polar surface area (TPSA) is 29.5 Å². The molecule has 11 heavy (non-hydrogen) atoms. The van der Waals surface area contributed by atoms with E-state index in [9.17, 15) is 4.79 Å². The maximum Gasteiger partial charge on any atom is 0.249 e. The highest BCUT2D eigenvalue weighted by Gasteiger charge is 2.47. The number of piperidine rings is 1. The van der Waals surface area contributed by atoms with Crippen LogP contribution in [0.3, 0.4) is 0 Å². The van der Waals surface area contributed by atoms with Crippen LogP contribution < -0.4 is 0 Å². The molecule has 3 unspecified atom stereocenters. The summed E-state index contributed by atoms with van der Waals surface area (Å²) in [5.41, 5.74) is 0. The summed E-state index contributed by atoms with van der Waals surface area (Å²) in [4.78, 5) is 16.8. The predicted octanol–water partition coefficient (Wildman–Crippen LogP) is 0.559. The normalized spacial score (nSPS) is 47.1. The second-order valence-corrected chi connectivity index (χ2v) is 3.90. The van der Waals surface area contributed by atoms with Crippen LogP contribution in [-0.2, 0) is 9.63 Å². The second kappa shape index (κ2) is 1.78. The zero-order valence-electron chi connectivity index (χ0n) is 6.32. The summed E-state index contributed by atoms with van der Waals surface area (Å²) in [6.07, 6.45) is 3.65. The van der Waals surface area contributed by atoms with Crippen molar-refractivity contribution in [1.29, 1.82) is 0 Å². The standard InChI is InChI=1S/C8H11NO2/c10-8-6-1-5-2-7(3-6)11-9(8)4-5/h5-7H,1-4H2. The van der Waals surface area contributed by atoms with Crippen LogP contribution in [0.15, 0.2) is 0 Å². The molecule has 0 spiro atoms. The minimum Gasteiger partial charge on any atom is -0.272 e. The number of carbonyl (C=O) groups excluding carboxylic acids is 1. The minimum absolute atomic E-state index is 0.234. The summed E-state index contributed by atoms with van der Waals surface area (Å²) < 4.78 is 0. The molecular weight excluding hydrogens is 142 g/mol. The zero-order valence-corrected chi connectivity index (χ0v) is 6.32. The minimum atomic E-state index is 0.234. The molecule has 0 aromatic rings. The van der Waals surface area contributed by atoms with Crippen LogP contribution in [0.2, 0.25) is 0 Å². The van der Waals surface area contributed by atoms with Gasteiger partial charge >= 0.3 is 0 Å². The Morgan fingerprint density at radius 2 is 2.27 bits per heavy atom. The summed E-state index contributed by atoms with van der Waals surface area (Å²) in [6, 6.07) is 0. The molecule has 3 nitrogen and oxygen atoms in total. The first-order valence-electron chi connectivity index (χ1n) is 4.31. The fourth-order valence-electron chi connectivity index (χ4n) is 2.62. The molecule has 3 aliphatic heterocycles. The number of hydrogen-bond acceptors (Lipinski definition) is 2. The molecule has 0 aromatic heterocycles. The molecule has 3 heteroatoms. The Hall–Kier alpha value is -0.570. The number of hydrogen-bond donors (Lipinski definition) is 0. The highest BCUT2D eigenvalue weighted by atomic mass is 16.7. The van der Waals surface area contributed by atoms with Crippen molar-refractivity contribution in [2.75, 3.05) is 6.54 Å². The van der Waals surface area contributed by atoms with E-state index in [1.165, 1.54) is 6.42 Å². The monoisotopic (exact) mass is 153 g/mol. The van der Waals surface area contributed by atoms with Crippen molar-refractivity contribution in [3.05, 3.63) is 0 Å². The number of carbonyl (C=O) groups is 1. The highest BCUT2D eigenvalue weighted by molar-refractivity contribution is 5.79. The molecule has 0 aromatic carbocycles. The van der Waals surface area contributed by atoms with Crippen LogP contribution in [-0.4, -0.2) is 23.6 Å². The van der Waals surface area contributed by atoms with Crippen LogP contribution in [0.1, 0.15) is 19.3 Å². The average Bonchev–Trinajstić information content (AvgIpc) is 1.98. The van der Waals surface area contributed by atoms with Gasteiger partial charge in [0.25, 0.3) is 0 Å². The summed E-state index contributed by atoms with van der Waals surface area (Å²) in [5.74, 6) is 1.28. The lowest BCUT2D eigenvalue weighted by atomic mass is 9.75. The van der Waals surface area contributed by atoms with Gasteiger partial charge in [-0.2, -0.15) is 0 Å². The zero-order chi connectivity index (χ0) is 7.42. The molecule has 4 rings (SSSR count). The Kier molecular flexibility index (Phi) is 0.969. The lowest BCUT2D eigenvalue weighted by Crippen LogP contribution is -2.57. The van der Waals surface area contributed by atoms with Gasteiger partial charge in [0.2, 0.25) is 5.91 Å². The first-order valence-corrected chi connectivity index (χ1v) is 4.31. The Balaban J connectivity index is 1.96. The van der Waals surface area contributed by atoms with E-state index in [1.807, 2.05) is 0 Å². The predicted molar refractivity (Wildman–Crippen MR) is 37.4 cm³/mol. The smallest absolute Gasteiger partial charge is 0.249 e. The molecule has 3 heterocycles. The highest BCUT2D eigenvalue weighted by Crippen LogP contribution is 2.41. The van der Waals surface area contributed by atoms with Gasteiger partial charge in [-0.25, -0.2) is 5.06 Å². The van der Waals surface area contributed by atoms with E-state index in [-0.39, 0.29) is 5.91 Å². The second-order valence-electron chi connectivity index (χ2n) is 3.90. The SMILES string of the molecule is O=C1C2CC3CC(C2)ON1C3. The van der Waals surface area contributed by atoms with Crippen molar-refractivity contribution in [3.8, 4) is 0 Å². The molecule has 3 atom stereocenters. The number of nitrogens with zero attached hydrogens (tertiary/aromatic N) is 1. The van der Waals surface area contributed by atoms with Gasteiger partial charge in [0.1, 0.15) is 0 Å². The van der Waals surface area contributed by atoms with Crippen LogP contribution >= 0.6 is 0 Å².